The quantitative estimate of drug-likeness (QED) is 0.865. The van der Waals surface area contributed by atoms with Crippen LogP contribution in [-0.4, -0.2) is 37.2 Å². The monoisotopic (exact) mass is 382 g/mol. The van der Waals surface area contributed by atoms with E-state index in [0.717, 1.165) is 41.0 Å². The normalized spacial score (nSPS) is 23.4. The van der Waals surface area contributed by atoms with E-state index < -0.39 is 0 Å². The zero-order valence-electron chi connectivity index (χ0n) is 11.5. The van der Waals surface area contributed by atoms with Crippen molar-refractivity contribution in [3.8, 4) is 0 Å². The van der Waals surface area contributed by atoms with E-state index in [9.17, 15) is 0 Å². The fourth-order valence-electron chi connectivity index (χ4n) is 2.60. The number of nitrogens with two attached hydrogens (primary N) is 1. The van der Waals surface area contributed by atoms with Gasteiger partial charge in [-0.2, -0.15) is 0 Å². The van der Waals surface area contributed by atoms with Crippen molar-refractivity contribution in [3.05, 3.63) is 33.3 Å². The number of likely N-dealkylation sites (tertiary alicyclic amines) is 1. The maximum Gasteiger partial charge on any atom is 0.0599 e. The second kappa shape index (κ2) is 8.57. The zero-order chi connectivity index (χ0) is 13.8. The van der Waals surface area contributed by atoms with Crippen molar-refractivity contribution < 1.29 is 4.74 Å². The summed E-state index contributed by atoms with van der Waals surface area (Å²) >= 11 is 9.71. The van der Waals surface area contributed by atoms with E-state index in [1.54, 1.807) is 7.11 Å². The third-order valence-corrected chi connectivity index (χ3v) is 4.63. The Kier molecular flexibility index (Phi) is 7.80. The molecule has 2 rings (SSSR count). The Morgan fingerprint density at radius 2 is 2.25 bits per heavy atom. The van der Waals surface area contributed by atoms with Crippen LogP contribution >= 0.6 is 39.9 Å². The standard InChI is InChI=1S/C14H20BrClN2O.ClH/c1-19-13-4-5-18(12(7-13)8-17)9-10-2-3-11(15)6-14(10)16;/h2-3,6,12-13H,4-5,7-9,17H2,1H3;1H. The van der Waals surface area contributed by atoms with Crippen molar-refractivity contribution in [1.82, 2.24) is 4.90 Å². The molecule has 1 aliphatic rings. The number of benzene rings is 1. The van der Waals surface area contributed by atoms with Crippen LogP contribution in [0.3, 0.4) is 0 Å². The summed E-state index contributed by atoms with van der Waals surface area (Å²) in [7, 11) is 1.78. The Balaban J connectivity index is 0.00000200. The number of halogens is 3. The Bertz CT molecular complexity index is 434. The lowest BCUT2D eigenvalue weighted by molar-refractivity contribution is 0.0102. The van der Waals surface area contributed by atoms with Gasteiger partial charge in [-0.05, 0) is 30.5 Å². The molecule has 1 aromatic rings. The van der Waals surface area contributed by atoms with E-state index >= 15 is 0 Å². The fourth-order valence-corrected chi connectivity index (χ4v) is 3.33. The van der Waals surface area contributed by atoms with E-state index in [-0.39, 0.29) is 12.4 Å². The van der Waals surface area contributed by atoms with Crippen molar-refractivity contribution in [2.75, 3.05) is 20.2 Å². The molecule has 0 saturated carbocycles. The average molecular weight is 384 g/mol. The molecule has 2 unspecified atom stereocenters. The molecular weight excluding hydrogens is 363 g/mol. The molecule has 0 radical (unpaired) electrons. The Morgan fingerprint density at radius 3 is 2.85 bits per heavy atom. The maximum atomic E-state index is 6.28. The van der Waals surface area contributed by atoms with E-state index in [2.05, 4.69) is 26.9 Å². The first kappa shape index (κ1) is 18.2. The van der Waals surface area contributed by atoms with Gasteiger partial charge in [0.05, 0.1) is 6.10 Å². The van der Waals surface area contributed by atoms with Crippen LogP contribution in [0.1, 0.15) is 18.4 Å². The number of rotatable bonds is 4. The lowest BCUT2D eigenvalue weighted by Crippen LogP contribution is -2.48. The van der Waals surface area contributed by atoms with Crippen LogP contribution in [0.5, 0.6) is 0 Å². The number of piperidine rings is 1. The first-order valence-electron chi connectivity index (χ1n) is 6.55. The minimum atomic E-state index is 0. The molecule has 0 bridgehead atoms. The Labute approximate surface area is 140 Å². The first-order chi connectivity index (χ1) is 9.13. The van der Waals surface area contributed by atoms with Crippen LogP contribution in [-0.2, 0) is 11.3 Å². The third-order valence-electron chi connectivity index (χ3n) is 3.78. The van der Waals surface area contributed by atoms with Crippen LogP contribution in [0.15, 0.2) is 22.7 Å². The zero-order valence-corrected chi connectivity index (χ0v) is 14.7. The summed E-state index contributed by atoms with van der Waals surface area (Å²) in [5, 5.41) is 0.805. The highest BCUT2D eigenvalue weighted by atomic mass is 79.9. The van der Waals surface area contributed by atoms with Crippen molar-refractivity contribution in [1.29, 1.82) is 0 Å². The van der Waals surface area contributed by atoms with E-state index in [0.29, 0.717) is 18.7 Å². The molecule has 1 fully saturated rings. The van der Waals surface area contributed by atoms with Gasteiger partial charge in [0.15, 0.2) is 0 Å². The lowest BCUT2D eigenvalue weighted by Gasteiger charge is -2.38. The predicted molar refractivity (Wildman–Crippen MR) is 89.7 cm³/mol. The Hall–Kier alpha value is 0.160. The average Bonchev–Trinajstić information content (AvgIpc) is 2.42. The molecule has 114 valence electrons. The molecule has 1 aromatic carbocycles. The van der Waals surface area contributed by atoms with Gasteiger partial charge in [-0.15, -0.1) is 12.4 Å². The van der Waals surface area contributed by atoms with Crippen molar-refractivity contribution >= 4 is 39.9 Å². The van der Waals surface area contributed by atoms with Crippen LogP contribution in [0.4, 0.5) is 0 Å². The topological polar surface area (TPSA) is 38.5 Å². The van der Waals surface area contributed by atoms with Crippen LogP contribution in [0.25, 0.3) is 0 Å². The second-order valence-electron chi connectivity index (χ2n) is 4.98. The molecule has 3 nitrogen and oxygen atoms in total. The van der Waals surface area contributed by atoms with Gasteiger partial charge in [0.2, 0.25) is 0 Å². The number of hydrogen-bond acceptors (Lipinski definition) is 3. The smallest absolute Gasteiger partial charge is 0.0599 e. The van der Waals surface area contributed by atoms with Crippen LogP contribution < -0.4 is 5.73 Å². The van der Waals surface area contributed by atoms with Gasteiger partial charge < -0.3 is 10.5 Å². The summed E-state index contributed by atoms with van der Waals surface area (Å²) in [6.07, 6.45) is 2.40. The minimum Gasteiger partial charge on any atom is -0.381 e. The van der Waals surface area contributed by atoms with Gasteiger partial charge in [0.25, 0.3) is 0 Å². The molecule has 1 aliphatic heterocycles. The number of nitrogens with zero attached hydrogens (tertiary/aromatic N) is 1. The highest BCUT2D eigenvalue weighted by molar-refractivity contribution is 9.10. The summed E-state index contributed by atoms with van der Waals surface area (Å²) < 4.78 is 6.46. The summed E-state index contributed by atoms with van der Waals surface area (Å²) in [6.45, 7) is 2.52. The third kappa shape index (κ3) is 4.58. The molecule has 1 saturated heterocycles. The van der Waals surface area contributed by atoms with Gasteiger partial charge >= 0.3 is 0 Å². The summed E-state index contributed by atoms with van der Waals surface area (Å²) in [5.41, 5.74) is 7.04. The molecule has 1 heterocycles. The second-order valence-corrected chi connectivity index (χ2v) is 6.30. The first-order valence-corrected chi connectivity index (χ1v) is 7.72. The highest BCUT2D eigenvalue weighted by Gasteiger charge is 2.27. The van der Waals surface area contributed by atoms with Crippen molar-refractivity contribution in [3.63, 3.8) is 0 Å². The fraction of sp³-hybridized carbons (Fsp3) is 0.571. The highest BCUT2D eigenvalue weighted by Crippen LogP contribution is 2.26. The van der Waals surface area contributed by atoms with E-state index in [4.69, 9.17) is 22.1 Å². The van der Waals surface area contributed by atoms with Gasteiger partial charge in [-0.3, -0.25) is 4.90 Å². The molecule has 2 N–H and O–H groups in total. The van der Waals surface area contributed by atoms with E-state index in [1.165, 1.54) is 0 Å². The number of ether oxygens (including phenoxy) is 1. The minimum absolute atomic E-state index is 0. The van der Waals surface area contributed by atoms with Crippen molar-refractivity contribution in [2.45, 2.75) is 31.5 Å². The summed E-state index contributed by atoms with van der Waals surface area (Å²) in [4.78, 5) is 2.41. The van der Waals surface area contributed by atoms with Crippen LogP contribution in [0, 0.1) is 0 Å². The SMILES string of the molecule is COC1CCN(Cc2ccc(Br)cc2Cl)C(CN)C1.Cl. The van der Waals surface area contributed by atoms with Gasteiger partial charge in [0.1, 0.15) is 0 Å². The van der Waals surface area contributed by atoms with Gasteiger partial charge in [-0.1, -0.05) is 33.6 Å². The molecule has 6 heteroatoms. The lowest BCUT2D eigenvalue weighted by atomic mass is 9.98. The molecule has 0 aliphatic carbocycles. The molecule has 0 aromatic heterocycles. The maximum absolute atomic E-state index is 6.28. The molecule has 0 amide bonds. The van der Waals surface area contributed by atoms with Gasteiger partial charge in [0, 0.05) is 42.3 Å². The molecule has 0 spiro atoms. The number of hydrogen-bond donors (Lipinski definition) is 1. The number of methoxy groups -OCH3 is 1. The predicted octanol–water partition coefficient (Wildman–Crippen LogP) is 3.46. The summed E-state index contributed by atoms with van der Waals surface area (Å²) in [6, 6.07) is 6.41. The van der Waals surface area contributed by atoms with Crippen LogP contribution in [0.2, 0.25) is 5.02 Å². The van der Waals surface area contributed by atoms with E-state index in [1.807, 2.05) is 12.1 Å². The molecule has 2 atom stereocenters. The van der Waals surface area contributed by atoms with Gasteiger partial charge in [-0.25, -0.2) is 0 Å². The van der Waals surface area contributed by atoms with Crippen molar-refractivity contribution in [2.24, 2.45) is 5.73 Å². The largest absolute Gasteiger partial charge is 0.381 e. The Morgan fingerprint density at radius 1 is 1.50 bits per heavy atom. The summed E-state index contributed by atoms with van der Waals surface area (Å²) in [5.74, 6) is 0. The molecular formula is C14H21BrCl2N2O. The molecule has 20 heavy (non-hydrogen) atoms.